The van der Waals surface area contributed by atoms with Crippen LogP contribution in [0.1, 0.15) is 22.8 Å². The Hall–Kier alpha value is -1.68. The highest BCUT2D eigenvalue weighted by Gasteiger charge is 2.05. The van der Waals surface area contributed by atoms with Crippen molar-refractivity contribution in [2.75, 3.05) is 0 Å². The van der Waals surface area contributed by atoms with E-state index in [1.807, 2.05) is 12.1 Å². The minimum absolute atomic E-state index is 0.0149. The van der Waals surface area contributed by atoms with Gasteiger partial charge < -0.3 is 0 Å². The first-order valence-electron chi connectivity index (χ1n) is 5.74. The zero-order chi connectivity index (χ0) is 13.8. The minimum Gasteiger partial charge on any atom is -0.295 e. The average Bonchev–Trinajstić information content (AvgIpc) is 2.38. The van der Waals surface area contributed by atoms with Gasteiger partial charge in [-0.25, -0.2) is 8.78 Å². The van der Waals surface area contributed by atoms with Crippen LogP contribution in [-0.2, 0) is 5.75 Å². The van der Waals surface area contributed by atoms with Crippen molar-refractivity contribution >= 4 is 17.5 Å². The Bertz CT molecular complexity index is 594. The highest BCUT2D eigenvalue weighted by atomic mass is 32.2. The van der Waals surface area contributed by atoms with Crippen LogP contribution >= 0.6 is 11.8 Å². The molecule has 0 aromatic heterocycles. The molecule has 0 unspecified atom stereocenters. The second kappa shape index (κ2) is 5.97. The lowest BCUT2D eigenvalue weighted by Crippen LogP contribution is -1.91. The Kier molecular flexibility index (Phi) is 4.32. The Morgan fingerprint density at radius 1 is 1.11 bits per heavy atom. The fourth-order valence-corrected chi connectivity index (χ4v) is 2.47. The summed E-state index contributed by atoms with van der Waals surface area (Å²) in [5.74, 6) is -0.669. The molecule has 0 bridgehead atoms. The molecule has 4 heteroatoms. The number of benzene rings is 2. The van der Waals surface area contributed by atoms with E-state index in [-0.39, 0.29) is 5.78 Å². The van der Waals surface area contributed by atoms with Crippen LogP contribution in [0.3, 0.4) is 0 Å². The van der Waals surface area contributed by atoms with E-state index in [0.717, 1.165) is 11.0 Å². The largest absolute Gasteiger partial charge is 0.295 e. The second-order valence-corrected chi connectivity index (χ2v) is 5.15. The van der Waals surface area contributed by atoms with Gasteiger partial charge in [-0.3, -0.25) is 4.79 Å². The summed E-state index contributed by atoms with van der Waals surface area (Å²) in [6, 6.07) is 10.7. The Morgan fingerprint density at radius 2 is 1.79 bits per heavy atom. The van der Waals surface area contributed by atoms with Gasteiger partial charge in [0.05, 0.1) is 0 Å². The number of hydrogen-bond acceptors (Lipinski definition) is 2. The summed E-state index contributed by atoms with van der Waals surface area (Å²) in [5.41, 5.74) is 1.11. The first-order valence-corrected chi connectivity index (χ1v) is 6.72. The summed E-state index contributed by atoms with van der Waals surface area (Å²) in [6.07, 6.45) is 0. The zero-order valence-corrected chi connectivity index (χ0v) is 11.1. The van der Waals surface area contributed by atoms with Gasteiger partial charge in [-0.1, -0.05) is 18.2 Å². The predicted octanol–water partition coefficient (Wildman–Crippen LogP) is 4.46. The Balaban J connectivity index is 2.04. The van der Waals surface area contributed by atoms with Crippen LogP contribution < -0.4 is 0 Å². The van der Waals surface area contributed by atoms with Gasteiger partial charge >= 0.3 is 0 Å². The van der Waals surface area contributed by atoms with E-state index in [4.69, 9.17) is 0 Å². The number of Topliss-reactive ketones (excluding diaryl/α,β-unsaturated/α-hetero) is 1. The summed E-state index contributed by atoms with van der Waals surface area (Å²) in [4.78, 5) is 12.1. The lowest BCUT2D eigenvalue weighted by atomic mass is 10.2. The maximum absolute atomic E-state index is 13.4. The van der Waals surface area contributed by atoms with E-state index in [9.17, 15) is 13.6 Å². The third-order valence-corrected chi connectivity index (χ3v) is 3.73. The van der Waals surface area contributed by atoms with Gasteiger partial charge in [0.1, 0.15) is 11.6 Å². The molecule has 0 aliphatic heterocycles. The third-order valence-electron chi connectivity index (χ3n) is 2.67. The van der Waals surface area contributed by atoms with Crippen molar-refractivity contribution in [2.24, 2.45) is 0 Å². The molecule has 0 heterocycles. The molecule has 0 radical (unpaired) electrons. The van der Waals surface area contributed by atoms with E-state index in [0.29, 0.717) is 16.9 Å². The Morgan fingerprint density at radius 3 is 2.37 bits per heavy atom. The zero-order valence-electron chi connectivity index (χ0n) is 10.3. The number of carbonyl (C=O) groups excluding carboxylic acids is 1. The maximum Gasteiger partial charge on any atom is 0.159 e. The van der Waals surface area contributed by atoms with Gasteiger partial charge in [0.2, 0.25) is 0 Å². The van der Waals surface area contributed by atoms with Gasteiger partial charge in [0.15, 0.2) is 5.78 Å². The molecule has 0 spiro atoms. The highest BCUT2D eigenvalue weighted by molar-refractivity contribution is 7.98. The molecule has 0 saturated carbocycles. The summed E-state index contributed by atoms with van der Waals surface area (Å²) in [7, 11) is 0. The van der Waals surface area contributed by atoms with Gasteiger partial charge in [-0.15, -0.1) is 11.8 Å². The molecule has 1 nitrogen and oxygen atoms in total. The SMILES string of the molecule is CC(=O)c1ccc(SCc2ccc(F)cc2F)cc1. The monoisotopic (exact) mass is 278 g/mol. The van der Waals surface area contributed by atoms with Crippen molar-refractivity contribution < 1.29 is 13.6 Å². The number of thioether (sulfide) groups is 1. The molecule has 2 aromatic rings. The van der Waals surface area contributed by atoms with Gasteiger partial charge in [0, 0.05) is 22.3 Å². The van der Waals surface area contributed by atoms with Crippen molar-refractivity contribution in [1.29, 1.82) is 0 Å². The standard InChI is InChI=1S/C15H12F2OS/c1-10(18)11-3-6-14(7-4-11)19-9-12-2-5-13(16)8-15(12)17/h2-8H,9H2,1H3. The van der Waals surface area contributed by atoms with E-state index in [1.54, 1.807) is 12.1 Å². The van der Waals surface area contributed by atoms with E-state index in [2.05, 4.69) is 0 Å². The van der Waals surface area contributed by atoms with Crippen LogP contribution in [0.25, 0.3) is 0 Å². The Labute approximate surface area is 114 Å². The van der Waals surface area contributed by atoms with Crippen molar-refractivity contribution in [1.82, 2.24) is 0 Å². The maximum atomic E-state index is 13.4. The first-order chi connectivity index (χ1) is 9.06. The molecule has 2 aromatic carbocycles. The molecule has 2 rings (SSSR count). The van der Waals surface area contributed by atoms with Crippen LogP contribution in [0.2, 0.25) is 0 Å². The van der Waals surface area contributed by atoms with Crippen molar-refractivity contribution in [2.45, 2.75) is 17.6 Å². The molecule has 19 heavy (non-hydrogen) atoms. The molecule has 0 saturated heterocycles. The lowest BCUT2D eigenvalue weighted by Gasteiger charge is -2.04. The van der Waals surface area contributed by atoms with E-state index < -0.39 is 11.6 Å². The molecule has 0 aliphatic carbocycles. The molecule has 0 atom stereocenters. The fraction of sp³-hybridized carbons (Fsp3) is 0.133. The summed E-state index contributed by atoms with van der Waals surface area (Å²) in [5, 5.41) is 0. The molecular weight excluding hydrogens is 266 g/mol. The summed E-state index contributed by atoms with van der Waals surface area (Å²) < 4.78 is 26.2. The first kappa shape index (κ1) is 13.7. The van der Waals surface area contributed by atoms with E-state index in [1.165, 1.54) is 30.8 Å². The van der Waals surface area contributed by atoms with Crippen LogP contribution in [0.15, 0.2) is 47.4 Å². The number of rotatable bonds is 4. The molecule has 0 aliphatic rings. The average molecular weight is 278 g/mol. The van der Waals surface area contributed by atoms with Crippen molar-refractivity contribution in [3.05, 3.63) is 65.2 Å². The predicted molar refractivity (Wildman–Crippen MR) is 72.4 cm³/mol. The molecule has 0 N–H and O–H groups in total. The smallest absolute Gasteiger partial charge is 0.159 e. The summed E-state index contributed by atoms with van der Waals surface area (Å²) in [6.45, 7) is 1.51. The quantitative estimate of drug-likeness (QED) is 0.606. The summed E-state index contributed by atoms with van der Waals surface area (Å²) >= 11 is 1.44. The molecule has 98 valence electrons. The van der Waals surface area contributed by atoms with Crippen LogP contribution in [0.4, 0.5) is 8.78 Å². The number of halogens is 2. The fourth-order valence-electron chi connectivity index (χ4n) is 1.59. The number of hydrogen-bond donors (Lipinski definition) is 0. The van der Waals surface area contributed by atoms with E-state index >= 15 is 0 Å². The second-order valence-electron chi connectivity index (χ2n) is 4.10. The van der Waals surface area contributed by atoms with Crippen LogP contribution in [0, 0.1) is 11.6 Å². The molecule has 0 amide bonds. The van der Waals surface area contributed by atoms with Gasteiger partial charge in [-0.05, 0) is 30.7 Å². The number of ketones is 1. The normalized spacial score (nSPS) is 10.5. The van der Waals surface area contributed by atoms with Gasteiger partial charge in [-0.2, -0.15) is 0 Å². The minimum atomic E-state index is -0.572. The topological polar surface area (TPSA) is 17.1 Å². The number of carbonyl (C=O) groups is 1. The van der Waals surface area contributed by atoms with Gasteiger partial charge in [0.25, 0.3) is 0 Å². The van der Waals surface area contributed by atoms with Crippen molar-refractivity contribution in [3.63, 3.8) is 0 Å². The third kappa shape index (κ3) is 3.64. The highest BCUT2D eigenvalue weighted by Crippen LogP contribution is 2.24. The molecule has 0 fully saturated rings. The molecular formula is C15H12F2OS. The van der Waals surface area contributed by atoms with Crippen molar-refractivity contribution in [3.8, 4) is 0 Å². The lowest BCUT2D eigenvalue weighted by molar-refractivity contribution is 0.101. The van der Waals surface area contributed by atoms with Crippen LogP contribution in [-0.4, -0.2) is 5.78 Å². The van der Waals surface area contributed by atoms with Crippen LogP contribution in [0.5, 0.6) is 0 Å².